The van der Waals surface area contributed by atoms with Crippen LogP contribution in [0.25, 0.3) is 11.2 Å². The Hall–Kier alpha value is -3.03. The molecule has 0 aliphatic carbocycles. The van der Waals surface area contributed by atoms with Crippen molar-refractivity contribution in [2.75, 3.05) is 36.4 Å². The van der Waals surface area contributed by atoms with E-state index >= 15 is 0 Å². The van der Waals surface area contributed by atoms with Gasteiger partial charge in [-0.25, -0.2) is 18.7 Å². The lowest BCUT2D eigenvalue weighted by atomic mass is 10.1. The fraction of sp³-hybridized carbons (Fsp3) is 0.391. The second kappa shape index (κ2) is 11.8. The number of benzene rings is 1. The molecule has 3 aromatic rings. The van der Waals surface area contributed by atoms with Crippen LogP contribution in [0.3, 0.4) is 0 Å². The molecule has 38 heavy (non-hydrogen) atoms. The molecule has 0 unspecified atom stereocenters. The molecule has 1 aliphatic heterocycles. The van der Waals surface area contributed by atoms with Gasteiger partial charge in [-0.3, -0.25) is 9.59 Å². The molecule has 1 aliphatic rings. The van der Waals surface area contributed by atoms with Crippen LogP contribution in [0, 0.1) is 0 Å². The first kappa shape index (κ1) is 29.5. The summed E-state index contributed by atoms with van der Waals surface area (Å²) in [6.45, 7) is 3.49. The maximum atomic E-state index is 13.4. The molecular weight excluding hydrogens is 558 g/mol. The summed E-state index contributed by atoms with van der Waals surface area (Å²) < 4.78 is 66.9. The number of nitrogens with zero attached hydrogens (tertiary/aromatic N) is 4. The maximum absolute atomic E-state index is 13.4. The molecule has 0 bridgehead atoms. The number of aromatic nitrogens is 3. The summed E-state index contributed by atoms with van der Waals surface area (Å²) in [4.78, 5) is 36.1. The average Bonchev–Trinajstić information content (AvgIpc) is 2.86. The van der Waals surface area contributed by atoms with Crippen molar-refractivity contribution in [3.8, 4) is 0 Å². The van der Waals surface area contributed by atoms with Crippen molar-refractivity contribution in [2.45, 2.75) is 32.5 Å². The van der Waals surface area contributed by atoms with Crippen molar-refractivity contribution >= 4 is 52.5 Å². The van der Waals surface area contributed by atoms with E-state index in [1.165, 1.54) is 4.57 Å². The number of anilines is 2. The van der Waals surface area contributed by atoms with E-state index in [1.807, 2.05) is 4.90 Å². The predicted octanol–water partition coefficient (Wildman–Crippen LogP) is 4.43. The van der Waals surface area contributed by atoms with E-state index < -0.39 is 41.7 Å². The van der Waals surface area contributed by atoms with Gasteiger partial charge in [0.1, 0.15) is 17.9 Å². The first-order chi connectivity index (χ1) is 17.5. The first-order valence-corrected chi connectivity index (χ1v) is 11.7. The second-order valence-corrected chi connectivity index (χ2v) is 8.72. The number of hydrogen-bond donors (Lipinski definition) is 2. The van der Waals surface area contributed by atoms with Crippen LogP contribution in [0.15, 0.2) is 29.2 Å². The van der Waals surface area contributed by atoms with E-state index in [9.17, 15) is 31.5 Å². The number of rotatable bonds is 6. The summed E-state index contributed by atoms with van der Waals surface area (Å²) in [6.07, 6.45) is -6.41. The van der Waals surface area contributed by atoms with Crippen molar-refractivity contribution < 1.29 is 26.7 Å². The number of carbonyl (C=O) groups is 1. The van der Waals surface area contributed by atoms with E-state index in [2.05, 4.69) is 20.6 Å². The van der Waals surface area contributed by atoms with Gasteiger partial charge in [-0.1, -0.05) is 18.5 Å². The molecule has 8 nitrogen and oxygen atoms in total. The van der Waals surface area contributed by atoms with Crippen LogP contribution in [0.4, 0.5) is 33.3 Å². The Morgan fingerprint density at radius 1 is 1.24 bits per heavy atom. The molecule has 1 fully saturated rings. The van der Waals surface area contributed by atoms with Crippen molar-refractivity contribution in [3.63, 3.8) is 0 Å². The predicted molar refractivity (Wildman–Crippen MR) is 136 cm³/mol. The summed E-state index contributed by atoms with van der Waals surface area (Å²) >= 11 is 5.96. The van der Waals surface area contributed by atoms with Crippen molar-refractivity contribution in [3.05, 3.63) is 56.6 Å². The number of piperazine rings is 1. The third-order valence-electron chi connectivity index (χ3n) is 5.92. The molecule has 4 rings (SSSR count). The van der Waals surface area contributed by atoms with E-state index in [0.29, 0.717) is 44.4 Å². The summed E-state index contributed by atoms with van der Waals surface area (Å²) in [6, 6.07) is 2.52. The molecule has 1 amide bonds. The summed E-state index contributed by atoms with van der Waals surface area (Å²) in [7, 11) is 0. The smallest absolute Gasteiger partial charge is 0.364 e. The zero-order chi connectivity index (χ0) is 26.9. The summed E-state index contributed by atoms with van der Waals surface area (Å²) in [5.74, 6) is -0.674. The summed E-state index contributed by atoms with van der Waals surface area (Å²) in [5.41, 5.74) is -1.91. The van der Waals surface area contributed by atoms with Crippen LogP contribution in [0.2, 0.25) is 5.02 Å². The molecule has 15 heteroatoms. The van der Waals surface area contributed by atoms with Gasteiger partial charge in [0.25, 0.3) is 6.43 Å². The molecule has 1 aromatic carbocycles. The van der Waals surface area contributed by atoms with Crippen LogP contribution < -0.4 is 21.0 Å². The Balaban J connectivity index is 0.00000400. The van der Waals surface area contributed by atoms with Gasteiger partial charge in [-0.2, -0.15) is 13.2 Å². The monoisotopic (exact) mass is 580 g/mol. The van der Waals surface area contributed by atoms with Gasteiger partial charge in [0.2, 0.25) is 11.3 Å². The highest BCUT2D eigenvalue weighted by Crippen LogP contribution is 2.34. The maximum Gasteiger partial charge on any atom is 0.416 e. The lowest BCUT2D eigenvalue weighted by molar-refractivity contribution is -0.137. The number of hydrogen-bond acceptors (Lipinski definition) is 6. The number of halogens is 7. The standard InChI is InChI=1S/C23H22ClF5N6O2.ClH/c1-2-16-19(34-7-5-30-6-8-34)20(37)18-22(31-10-15(33-18)21(25)26)35(16)11-17(36)32-14-4-3-12(9-13(14)24)23(27,28)29;/h3-4,9-10,21,30H,2,5-8,11H2,1H3,(H,32,36);1H. The lowest BCUT2D eigenvalue weighted by Gasteiger charge is -2.31. The van der Waals surface area contributed by atoms with Gasteiger partial charge < -0.3 is 20.1 Å². The van der Waals surface area contributed by atoms with Gasteiger partial charge in [-0.15, -0.1) is 12.4 Å². The number of amides is 1. The van der Waals surface area contributed by atoms with E-state index in [-0.39, 0.29) is 40.0 Å². The fourth-order valence-electron chi connectivity index (χ4n) is 4.22. The molecule has 3 heterocycles. The molecule has 206 valence electrons. The van der Waals surface area contributed by atoms with Crippen molar-refractivity contribution in [1.82, 2.24) is 19.9 Å². The van der Waals surface area contributed by atoms with Gasteiger partial charge in [-0.05, 0) is 24.6 Å². The van der Waals surface area contributed by atoms with Crippen LogP contribution >= 0.6 is 24.0 Å². The molecule has 2 N–H and O–H groups in total. The Kier molecular flexibility index (Phi) is 9.16. The van der Waals surface area contributed by atoms with Gasteiger partial charge in [0, 0.05) is 31.9 Å². The number of alkyl halides is 5. The van der Waals surface area contributed by atoms with E-state index in [4.69, 9.17) is 11.6 Å². The quantitative estimate of drug-likeness (QED) is 0.419. The molecule has 1 saturated heterocycles. The third-order valence-corrected chi connectivity index (χ3v) is 6.23. The van der Waals surface area contributed by atoms with Crippen molar-refractivity contribution in [1.29, 1.82) is 0 Å². The lowest BCUT2D eigenvalue weighted by Crippen LogP contribution is -2.46. The molecule has 0 radical (unpaired) electrons. The molecule has 2 aromatic heterocycles. The number of carbonyl (C=O) groups excluding carboxylic acids is 1. The van der Waals surface area contributed by atoms with Crippen molar-refractivity contribution in [2.24, 2.45) is 0 Å². The molecule has 0 spiro atoms. The van der Waals surface area contributed by atoms with Gasteiger partial charge >= 0.3 is 6.18 Å². The highest BCUT2D eigenvalue weighted by Gasteiger charge is 2.31. The van der Waals surface area contributed by atoms with Gasteiger partial charge in [0.05, 0.1) is 22.5 Å². The van der Waals surface area contributed by atoms with E-state index in [0.717, 1.165) is 18.3 Å². The van der Waals surface area contributed by atoms with Crippen LogP contribution in [0.5, 0.6) is 0 Å². The topological polar surface area (TPSA) is 92.2 Å². The minimum atomic E-state index is -4.60. The fourth-order valence-corrected chi connectivity index (χ4v) is 4.45. The minimum Gasteiger partial charge on any atom is -0.364 e. The Morgan fingerprint density at radius 3 is 2.50 bits per heavy atom. The molecule has 0 saturated carbocycles. The van der Waals surface area contributed by atoms with Gasteiger partial charge in [0.15, 0.2) is 11.2 Å². The zero-order valence-electron chi connectivity index (χ0n) is 19.9. The third kappa shape index (κ3) is 6.00. The Bertz CT molecular complexity index is 1390. The normalized spacial score (nSPS) is 14.1. The number of pyridine rings is 1. The first-order valence-electron chi connectivity index (χ1n) is 11.3. The second-order valence-electron chi connectivity index (χ2n) is 8.31. The minimum absolute atomic E-state index is 0. The molecule has 0 atom stereocenters. The summed E-state index contributed by atoms with van der Waals surface area (Å²) in [5, 5.41) is 5.32. The highest BCUT2D eigenvalue weighted by atomic mass is 35.5. The van der Waals surface area contributed by atoms with Crippen LogP contribution in [-0.2, 0) is 23.9 Å². The highest BCUT2D eigenvalue weighted by molar-refractivity contribution is 6.33. The SMILES string of the molecule is CCc1c(N2CCNCC2)c(=O)c2nc(C(F)F)cnc2n1CC(=O)Nc1ccc(C(F)(F)F)cc1Cl.Cl. The largest absolute Gasteiger partial charge is 0.416 e. The zero-order valence-corrected chi connectivity index (χ0v) is 21.5. The van der Waals surface area contributed by atoms with E-state index in [1.54, 1.807) is 6.92 Å². The number of nitrogens with one attached hydrogen (secondary N) is 2. The Labute approximate surface area is 224 Å². The van der Waals surface area contributed by atoms with Crippen LogP contribution in [-0.4, -0.2) is 46.6 Å². The average molecular weight is 581 g/mol. The van der Waals surface area contributed by atoms with Crippen LogP contribution in [0.1, 0.15) is 30.3 Å². The number of fused-ring (bicyclic) bond motifs is 1. The molecular formula is C23H23Cl2F5N6O2. The Morgan fingerprint density at radius 2 is 1.92 bits per heavy atom.